The van der Waals surface area contributed by atoms with Gasteiger partial charge in [-0.2, -0.15) is 0 Å². The molecular formula is C17H18ClN3O4. The van der Waals surface area contributed by atoms with E-state index in [0.717, 1.165) is 0 Å². The van der Waals surface area contributed by atoms with E-state index in [1.165, 1.54) is 9.47 Å². The summed E-state index contributed by atoms with van der Waals surface area (Å²) in [5, 5.41) is 3.34. The van der Waals surface area contributed by atoms with Crippen molar-refractivity contribution in [2.45, 2.75) is 32.8 Å². The maximum absolute atomic E-state index is 12.4. The zero-order valence-corrected chi connectivity index (χ0v) is 14.9. The van der Waals surface area contributed by atoms with Crippen molar-refractivity contribution in [1.82, 2.24) is 9.88 Å². The van der Waals surface area contributed by atoms with Crippen LogP contribution in [0, 0.1) is 0 Å². The number of nitrogens with one attached hydrogen (secondary N) is 1. The van der Waals surface area contributed by atoms with Crippen LogP contribution in [-0.4, -0.2) is 34.7 Å². The second kappa shape index (κ2) is 6.07. The number of ether oxygens (including phenoxy) is 1. The summed E-state index contributed by atoms with van der Waals surface area (Å²) in [6.45, 7) is 5.60. The fraction of sp³-hybridized carbons (Fsp3) is 0.353. The largest absolute Gasteiger partial charge is 0.443 e. The van der Waals surface area contributed by atoms with Gasteiger partial charge in [0.2, 0.25) is 5.91 Å². The predicted molar refractivity (Wildman–Crippen MR) is 94.1 cm³/mol. The minimum absolute atomic E-state index is 0.203. The third kappa shape index (κ3) is 3.46. The van der Waals surface area contributed by atoms with Crippen LogP contribution in [0.5, 0.6) is 0 Å². The third-order valence-corrected chi connectivity index (χ3v) is 4.01. The van der Waals surface area contributed by atoms with Crippen LogP contribution in [0.3, 0.4) is 0 Å². The zero-order valence-electron chi connectivity index (χ0n) is 14.1. The van der Waals surface area contributed by atoms with E-state index >= 15 is 0 Å². The van der Waals surface area contributed by atoms with E-state index in [0.29, 0.717) is 21.6 Å². The molecule has 0 spiro atoms. The molecule has 0 aliphatic carbocycles. The number of fused-ring (bicyclic) bond motifs is 1. The molecule has 2 heterocycles. The van der Waals surface area contributed by atoms with E-state index in [-0.39, 0.29) is 18.9 Å². The fourth-order valence-corrected chi connectivity index (χ4v) is 2.89. The van der Waals surface area contributed by atoms with Crippen LogP contribution in [0.15, 0.2) is 24.4 Å². The Bertz CT molecular complexity index is 882. The van der Waals surface area contributed by atoms with Crippen LogP contribution in [0.2, 0.25) is 5.02 Å². The number of hydrogen-bond donors (Lipinski definition) is 1. The summed E-state index contributed by atoms with van der Waals surface area (Å²) in [6.07, 6.45) is 1.25. The number of carbonyl (C=O) groups is 3. The van der Waals surface area contributed by atoms with Gasteiger partial charge in [-0.25, -0.2) is 9.59 Å². The second-order valence-corrected chi connectivity index (χ2v) is 7.19. The number of amides is 3. The maximum atomic E-state index is 12.4. The van der Waals surface area contributed by atoms with Crippen LogP contribution >= 0.6 is 11.6 Å². The van der Waals surface area contributed by atoms with Crippen molar-refractivity contribution < 1.29 is 19.1 Å². The number of hydrogen-bond acceptors (Lipinski definition) is 4. The molecule has 0 saturated carbocycles. The Morgan fingerprint density at radius 3 is 2.64 bits per heavy atom. The van der Waals surface area contributed by atoms with Gasteiger partial charge in [0.1, 0.15) is 5.60 Å². The predicted octanol–water partition coefficient (Wildman–Crippen LogP) is 3.52. The summed E-state index contributed by atoms with van der Waals surface area (Å²) in [4.78, 5) is 37.2. The standard InChI is InChI=1S/C17H18ClN3O4/c1-17(2,3)25-16(24)21-6-4-11-12(18)8-10(9-13(11)21)20-7-5-14(22)19-15(20)23/h4,6,8-9H,5,7H2,1-3H3,(H,19,22,23). The van der Waals surface area contributed by atoms with Gasteiger partial charge in [-0.05, 0) is 39.0 Å². The number of imide groups is 1. The number of aromatic nitrogens is 1. The number of rotatable bonds is 1. The molecule has 1 N–H and O–H groups in total. The highest BCUT2D eigenvalue weighted by Gasteiger charge is 2.26. The van der Waals surface area contributed by atoms with Gasteiger partial charge in [0.25, 0.3) is 0 Å². The molecule has 8 heteroatoms. The van der Waals surface area contributed by atoms with E-state index in [1.54, 1.807) is 45.2 Å². The molecule has 1 aromatic carbocycles. The number of urea groups is 1. The highest BCUT2D eigenvalue weighted by Crippen LogP contribution is 2.31. The molecule has 0 unspecified atom stereocenters. The summed E-state index contributed by atoms with van der Waals surface area (Å²) in [7, 11) is 0. The summed E-state index contributed by atoms with van der Waals surface area (Å²) in [5.74, 6) is -0.314. The number of carbonyl (C=O) groups excluding carboxylic acids is 3. The summed E-state index contributed by atoms with van der Waals surface area (Å²) in [5.41, 5.74) is 0.398. The van der Waals surface area contributed by atoms with Crippen LogP contribution < -0.4 is 10.2 Å². The molecule has 1 aliphatic rings. The average Bonchev–Trinajstić information content (AvgIpc) is 2.89. The summed E-state index contributed by atoms with van der Waals surface area (Å²) < 4.78 is 6.74. The van der Waals surface area contributed by atoms with Gasteiger partial charge in [0.05, 0.1) is 10.5 Å². The van der Waals surface area contributed by atoms with Crippen molar-refractivity contribution in [1.29, 1.82) is 0 Å². The Kier molecular flexibility index (Phi) is 4.20. The molecule has 1 saturated heterocycles. The lowest BCUT2D eigenvalue weighted by Crippen LogP contribution is -2.49. The van der Waals surface area contributed by atoms with E-state index in [9.17, 15) is 14.4 Å². The first-order valence-electron chi connectivity index (χ1n) is 7.81. The van der Waals surface area contributed by atoms with Gasteiger partial charge in [-0.3, -0.25) is 19.6 Å². The minimum Gasteiger partial charge on any atom is -0.443 e. The van der Waals surface area contributed by atoms with Gasteiger partial charge >= 0.3 is 12.1 Å². The molecule has 1 fully saturated rings. The molecule has 1 aromatic heterocycles. The van der Waals surface area contributed by atoms with Crippen LogP contribution in [0.4, 0.5) is 15.3 Å². The molecule has 132 valence electrons. The van der Waals surface area contributed by atoms with Crippen molar-refractivity contribution in [2.75, 3.05) is 11.4 Å². The smallest absolute Gasteiger partial charge is 0.418 e. The number of nitrogens with zero attached hydrogens (tertiary/aromatic N) is 2. The molecule has 2 aromatic rings. The maximum Gasteiger partial charge on any atom is 0.418 e. The Hall–Kier alpha value is -2.54. The van der Waals surface area contributed by atoms with Gasteiger partial charge in [0.15, 0.2) is 0 Å². The van der Waals surface area contributed by atoms with Crippen molar-refractivity contribution in [3.8, 4) is 0 Å². The highest BCUT2D eigenvalue weighted by atomic mass is 35.5. The molecule has 0 atom stereocenters. The first-order chi connectivity index (χ1) is 11.7. The van der Waals surface area contributed by atoms with E-state index < -0.39 is 17.7 Å². The van der Waals surface area contributed by atoms with Crippen LogP contribution in [0.25, 0.3) is 10.9 Å². The van der Waals surface area contributed by atoms with Gasteiger partial charge in [0, 0.05) is 30.2 Å². The quantitative estimate of drug-likeness (QED) is 0.840. The Balaban J connectivity index is 2.03. The van der Waals surface area contributed by atoms with Gasteiger partial charge in [-0.1, -0.05) is 11.6 Å². The van der Waals surface area contributed by atoms with E-state index in [1.807, 2.05) is 0 Å². The molecule has 1 aliphatic heterocycles. The zero-order chi connectivity index (χ0) is 18.4. The molecular weight excluding hydrogens is 346 g/mol. The Morgan fingerprint density at radius 2 is 2.00 bits per heavy atom. The van der Waals surface area contributed by atoms with Crippen molar-refractivity contribution in [2.24, 2.45) is 0 Å². The molecule has 3 amide bonds. The van der Waals surface area contributed by atoms with Gasteiger partial charge < -0.3 is 4.74 Å². The summed E-state index contributed by atoms with van der Waals surface area (Å²) >= 11 is 6.32. The van der Waals surface area contributed by atoms with Crippen molar-refractivity contribution in [3.05, 3.63) is 29.4 Å². The Morgan fingerprint density at radius 1 is 1.28 bits per heavy atom. The SMILES string of the molecule is CC(C)(C)OC(=O)n1ccc2c(Cl)cc(N3CCC(=O)NC3=O)cc21. The summed E-state index contributed by atoms with van der Waals surface area (Å²) in [6, 6.07) is 4.52. The molecule has 0 bridgehead atoms. The van der Waals surface area contributed by atoms with E-state index in [2.05, 4.69) is 5.32 Å². The first kappa shape index (κ1) is 17.3. The lowest BCUT2D eigenvalue weighted by molar-refractivity contribution is -0.120. The van der Waals surface area contributed by atoms with Crippen LogP contribution in [-0.2, 0) is 9.53 Å². The molecule has 7 nitrogen and oxygen atoms in total. The molecule has 0 radical (unpaired) electrons. The fourth-order valence-electron chi connectivity index (χ4n) is 2.62. The number of halogens is 1. The first-order valence-corrected chi connectivity index (χ1v) is 8.19. The molecule has 25 heavy (non-hydrogen) atoms. The number of benzene rings is 1. The van der Waals surface area contributed by atoms with Gasteiger partial charge in [-0.15, -0.1) is 0 Å². The van der Waals surface area contributed by atoms with Crippen LogP contribution in [0.1, 0.15) is 27.2 Å². The van der Waals surface area contributed by atoms with E-state index in [4.69, 9.17) is 16.3 Å². The second-order valence-electron chi connectivity index (χ2n) is 6.78. The monoisotopic (exact) mass is 363 g/mol. The average molecular weight is 364 g/mol. The normalized spacial score (nSPS) is 15.4. The minimum atomic E-state index is -0.637. The molecule has 3 rings (SSSR count). The van der Waals surface area contributed by atoms with Crippen molar-refractivity contribution >= 4 is 46.2 Å². The van der Waals surface area contributed by atoms with Crippen molar-refractivity contribution in [3.63, 3.8) is 0 Å². The topological polar surface area (TPSA) is 80.6 Å². The lowest BCUT2D eigenvalue weighted by atomic mass is 10.2. The Labute approximate surface area is 149 Å². The number of anilines is 1. The lowest BCUT2D eigenvalue weighted by Gasteiger charge is -2.27. The third-order valence-electron chi connectivity index (χ3n) is 3.70. The highest BCUT2D eigenvalue weighted by molar-refractivity contribution is 6.36.